The lowest BCUT2D eigenvalue weighted by Gasteiger charge is -2.40. The van der Waals surface area contributed by atoms with Gasteiger partial charge in [-0.15, -0.1) is 0 Å². The Labute approximate surface area is 217 Å². The summed E-state index contributed by atoms with van der Waals surface area (Å²) in [5, 5.41) is 20.4. The van der Waals surface area contributed by atoms with Crippen molar-refractivity contribution >= 4 is 11.7 Å². The van der Waals surface area contributed by atoms with Gasteiger partial charge >= 0.3 is 0 Å². The second-order valence-electron chi connectivity index (χ2n) is 9.99. The van der Waals surface area contributed by atoms with Crippen LogP contribution in [-0.4, -0.2) is 67.7 Å². The third-order valence-electron chi connectivity index (χ3n) is 7.24. The van der Waals surface area contributed by atoms with Gasteiger partial charge in [-0.2, -0.15) is 0 Å². The monoisotopic (exact) mass is 505 g/mol. The zero-order valence-electron chi connectivity index (χ0n) is 21.7. The Bertz CT molecular complexity index is 1250. The van der Waals surface area contributed by atoms with E-state index < -0.39 is 6.35 Å². The number of nitrogens with zero attached hydrogens (tertiary/aromatic N) is 5. The van der Waals surface area contributed by atoms with Gasteiger partial charge in [0.05, 0.1) is 5.69 Å². The van der Waals surface area contributed by atoms with Crippen molar-refractivity contribution in [1.29, 1.82) is 0 Å². The lowest BCUT2D eigenvalue weighted by molar-refractivity contribution is -0.00104. The van der Waals surface area contributed by atoms with Gasteiger partial charge in [-0.05, 0) is 50.7 Å². The van der Waals surface area contributed by atoms with Gasteiger partial charge in [0.25, 0.3) is 5.91 Å². The van der Waals surface area contributed by atoms with E-state index in [1.54, 1.807) is 4.90 Å². The number of carbonyl (C=O) groups is 1. The maximum Gasteiger partial charge on any atom is 0.277 e. The molecule has 1 atom stereocenters. The van der Waals surface area contributed by atoms with Crippen molar-refractivity contribution in [2.24, 2.45) is 5.92 Å². The van der Waals surface area contributed by atoms with Crippen molar-refractivity contribution in [3.63, 3.8) is 0 Å². The number of aryl methyl sites for hydroxylation is 1. The fourth-order valence-electron chi connectivity index (χ4n) is 5.20. The molecule has 1 unspecified atom stereocenters. The first kappa shape index (κ1) is 25.2. The number of benzene rings is 1. The number of imidazole rings is 1. The molecule has 2 aliphatic rings. The highest BCUT2D eigenvalue weighted by Gasteiger charge is 2.41. The molecule has 2 aromatic heterocycles. The molecular formula is C28H35N5O4. The number of anilines is 1. The Hall–Kier alpha value is -3.43. The molecule has 0 bridgehead atoms. The quantitative estimate of drug-likeness (QED) is 0.459. The van der Waals surface area contributed by atoms with Crippen molar-refractivity contribution in [3.05, 3.63) is 59.4 Å². The average Bonchev–Trinajstić information content (AvgIpc) is 3.22. The van der Waals surface area contributed by atoms with E-state index in [1.807, 2.05) is 60.9 Å². The van der Waals surface area contributed by atoms with Gasteiger partial charge < -0.3 is 24.4 Å². The van der Waals surface area contributed by atoms with Gasteiger partial charge in [0, 0.05) is 37.9 Å². The number of amides is 1. The molecule has 9 heteroatoms. The van der Waals surface area contributed by atoms with Crippen molar-refractivity contribution in [1.82, 2.24) is 19.4 Å². The number of ether oxygens (including phenoxy) is 1. The molecule has 2 N–H and O–H groups in total. The van der Waals surface area contributed by atoms with Crippen molar-refractivity contribution in [2.45, 2.75) is 59.0 Å². The summed E-state index contributed by atoms with van der Waals surface area (Å²) in [6, 6.07) is 13.7. The molecule has 1 fully saturated rings. The van der Waals surface area contributed by atoms with Crippen molar-refractivity contribution in [3.8, 4) is 17.3 Å². The van der Waals surface area contributed by atoms with Crippen LogP contribution >= 0.6 is 0 Å². The predicted octanol–water partition coefficient (Wildman–Crippen LogP) is 3.42. The zero-order valence-corrected chi connectivity index (χ0v) is 21.7. The molecule has 0 radical (unpaired) electrons. The maximum atomic E-state index is 13.7. The van der Waals surface area contributed by atoms with Crippen LogP contribution in [0.15, 0.2) is 42.5 Å². The minimum atomic E-state index is -1.15. The summed E-state index contributed by atoms with van der Waals surface area (Å²) in [5.41, 5.74) is 3.01. The molecule has 5 rings (SSSR count). The first-order valence-corrected chi connectivity index (χ1v) is 13.1. The second kappa shape index (κ2) is 10.5. The van der Waals surface area contributed by atoms with Crippen LogP contribution in [0, 0.1) is 12.8 Å². The van der Waals surface area contributed by atoms with Crippen molar-refractivity contribution < 1.29 is 19.7 Å². The first-order chi connectivity index (χ1) is 17.9. The van der Waals surface area contributed by atoms with Gasteiger partial charge in [0.1, 0.15) is 11.9 Å². The number of rotatable bonds is 9. The standard InChI is InChI=1S/C28H35N5O4/c1-4-31-26-24(27(35)32(28(31)36)13-8-14-34)33(17-20-9-6-5-7-10-20)25(30-26)22-11-12-23(29-19(22)3)37-21-15-18(2)16-21/h5-7,9-12,18,21,28,34,36H,4,8,13-17H2,1-3H3. The molecule has 3 heterocycles. The van der Waals surface area contributed by atoms with Gasteiger partial charge in [0.15, 0.2) is 11.5 Å². The number of aliphatic hydroxyl groups is 2. The topological polar surface area (TPSA) is 104 Å². The molecule has 1 aliphatic carbocycles. The summed E-state index contributed by atoms with van der Waals surface area (Å²) in [5.74, 6) is 2.05. The number of carbonyl (C=O) groups excluding carboxylic acids is 1. The highest BCUT2D eigenvalue weighted by molar-refractivity contribution is 6.00. The summed E-state index contributed by atoms with van der Waals surface area (Å²) >= 11 is 0. The van der Waals surface area contributed by atoms with Crippen LogP contribution in [0.4, 0.5) is 5.82 Å². The van der Waals surface area contributed by atoms with E-state index in [1.165, 1.54) is 4.90 Å². The maximum absolute atomic E-state index is 13.7. The Morgan fingerprint density at radius 2 is 1.84 bits per heavy atom. The third-order valence-corrected chi connectivity index (χ3v) is 7.24. The van der Waals surface area contributed by atoms with E-state index in [2.05, 4.69) is 6.92 Å². The molecule has 0 spiro atoms. The molecule has 1 saturated carbocycles. The Balaban J connectivity index is 1.59. The number of hydrogen-bond donors (Lipinski definition) is 2. The normalized spacial score (nSPS) is 21.1. The molecule has 0 saturated heterocycles. The van der Waals surface area contributed by atoms with Crippen LogP contribution in [0.1, 0.15) is 54.9 Å². The first-order valence-electron chi connectivity index (χ1n) is 13.1. The average molecular weight is 506 g/mol. The fourth-order valence-corrected chi connectivity index (χ4v) is 5.20. The summed E-state index contributed by atoms with van der Waals surface area (Å²) in [7, 11) is 0. The van der Waals surface area contributed by atoms with E-state index >= 15 is 0 Å². The SMILES string of the molecule is CCN1c2nc(-c3ccc(OC4CC(C)C4)nc3C)n(Cc3ccccc3)c2C(=O)N(CCCO)C1O. The predicted molar refractivity (Wildman–Crippen MR) is 140 cm³/mol. The van der Waals surface area contributed by atoms with Crippen LogP contribution in [0.3, 0.4) is 0 Å². The zero-order chi connectivity index (χ0) is 26.1. The van der Waals surface area contributed by atoms with Crippen LogP contribution in [0.5, 0.6) is 5.88 Å². The number of pyridine rings is 1. The Morgan fingerprint density at radius 3 is 2.49 bits per heavy atom. The number of aromatic nitrogens is 3. The van der Waals surface area contributed by atoms with Gasteiger partial charge in [-0.1, -0.05) is 37.3 Å². The van der Waals surface area contributed by atoms with E-state index in [9.17, 15) is 15.0 Å². The Morgan fingerprint density at radius 1 is 1.08 bits per heavy atom. The largest absolute Gasteiger partial charge is 0.474 e. The molecule has 196 valence electrons. The van der Waals surface area contributed by atoms with E-state index in [-0.39, 0.29) is 25.2 Å². The minimum absolute atomic E-state index is 0.0664. The third kappa shape index (κ3) is 4.81. The lowest BCUT2D eigenvalue weighted by Crippen LogP contribution is -2.56. The number of fused-ring (bicyclic) bond motifs is 1. The Kier molecular flexibility index (Phi) is 7.17. The molecule has 1 aliphatic heterocycles. The molecule has 1 amide bonds. The molecule has 37 heavy (non-hydrogen) atoms. The lowest BCUT2D eigenvalue weighted by atomic mass is 9.84. The number of hydrogen-bond acceptors (Lipinski definition) is 7. The highest BCUT2D eigenvalue weighted by Crippen LogP contribution is 2.36. The van der Waals surface area contributed by atoms with E-state index in [0.29, 0.717) is 48.6 Å². The molecule has 9 nitrogen and oxygen atoms in total. The van der Waals surface area contributed by atoms with E-state index in [4.69, 9.17) is 14.7 Å². The molecule has 1 aromatic carbocycles. The second-order valence-corrected chi connectivity index (χ2v) is 9.99. The number of aliphatic hydroxyl groups excluding tert-OH is 2. The van der Waals surface area contributed by atoms with Crippen LogP contribution < -0.4 is 9.64 Å². The van der Waals surface area contributed by atoms with Gasteiger partial charge in [-0.25, -0.2) is 9.97 Å². The summed E-state index contributed by atoms with van der Waals surface area (Å²) < 4.78 is 7.98. The minimum Gasteiger partial charge on any atom is -0.474 e. The summed E-state index contributed by atoms with van der Waals surface area (Å²) in [6.07, 6.45) is 1.52. The van der Waals surface area contributed by atoms with Crippen LogP contribution in [0.2, 0.25) is 0 Å². The molecule has 3 aromatic rings. The van der Waals surface area contributed by atoms with Crippen molar-refractivity contribution in [2.75, 3.05) is 24.6 Å². The fraction of sp³-hybridized carbons (Fsp3) is 0.464. The van der Waals surface area contributed by atoms with Crippen LogP contribution in [-0.2, 0) is 6.54 Å². The molecular weight excluding hydrogens is 470 g/mol. The highest BCUT2D eigenvalue weighted by atomic mass is 16.5. The smallest absolute Gasteiger partial charge is 0.277 e. The van der Waals surface area contributed by atoms with Crippen LogP contribution in [0.25, 0.3) is 11.4 Å². The summed E-state index contributed by atoms with van der Waals surface area (Å²) in [4.78, 5) is 26.5. The van der Waals surface area contributed by atoms with E-state index in [0.717, 1.165) is 29.7 Å². The van der Waals surface area contributed by atoms with Gasteiger partial charge in [0.2, 0.25) is 12.2 Å². The van der Waals surface area contributed by atoms with Gasteiger partial charge in [-0.3, -0.25) is 9.69 Å². The summed E-state index contributed by atoms with van der Waals surface area (Å²) in [6.45, 7) is 7.13.